The van der Waals surface area contributed by atoms with Crippen LogP contribution in [-0.4, -0.2) is 57.9 Å². The van der Waals surface area contributed by atoms with Crippen molar-refractivity contribution >= 4 is 17.8 Å². The van der Waals surface area contributed by atoms with E-state index in [9.17, 15) is 14.4 Å². The number of hydrogen-bond acceptors (Lipinski definition) is 4. The molecule has 2 aliphatic rings. The van der Waals surface area contributed by atoms with Crippen molar-refractivity contribution in [2.75, 3.05) is 7.05 Å². The number of rotatable bonds is 5. The molecule has 6 heteroatoms. The molecule has 0 radical (unpaired) electrons. The van der Waals surface area contributed by atoms with E-state index in [0.29, 0.717) is 6.42 Å². The molecule has 1 N–H and O–H groups in total. The molecule has 1 saturated carbocycles. The third kappa shape index (κ3) is 2.12. The predicted molar refractivity (Wildman–Crippen MR) is 62.8 cm³/mol. The van der Waals surface area contributed by atoms with Gasteiger partial charge in [0.15, 0.2) is 0 Å². The zero-order valence-electron chi connectivity index (χ0n) is 10.6. The van der Waals surface area contributed by atoms with Gasteiger partial charge in [-0.3, -0.25) is 24.2 Å². The molecule has 1 aliphatic heterocycles. The van der Waals surface area contributed by atoms with Crippen LogP contribution in [0.1, 0.15) is 32.6 Å². The Balaban J connectivity index is 2.11. The number of hydrogen-bond donors (Lipinski definition) is 1. The summed E-state index contributed by atoms with van der Waals surface area (Å²) in [5.74, 6) is -1.35. The van der Waals surface area contributed by atoms with Crippen LogP contribution in [0.15, 0.2) is 0 Å². The molecule has 1 aliphatic carbocycles. The van der Waals surface area contributed by atoms with E-state index in [0.717, 1.165) is 12.8 Å². The number of amides is 2. The monoisotopic (exact) mass is 254 g/mol. The van der Waals surface area contributed by atoms with Crippen molar-refractivity contribution in [2.45, 2.75) is 50.7 Å². The molecule has 2 unspecified atom stereocenters. The fraction of sp³-hybridized carbons (Fsp3) is 0.750. The number of nitrogens with zero attached hydrogens (tertiary/aromatic N) is 2. The number of carbonyl (C=O) groups is 3. The fourth-order valence-electron chi connectivity index (χ4n) is 2.52. The smallest absolute Gasteiger partial charge is 0.320 e. The first-order valence-electron chi connectivity index (χ1n) is 6.28. The van der Waals surface area contributed by atoms with E-state index in [-0.39, 0.29) is 24.3 Å². The van der Waals surface area contributed by atoms with Gasteiger partial charge in [-0.25, -0.2) is 0 Å². The van der Waals surface area contributed by atoms with Crippen molar-refractivity contribution in [3.8, 4) is 0 Å². The first-order valence-corrected chi connectivity index (χ1v) is 6.28. The Morgan fingerprint density at radius 2 is 2.11 bits per heavy atom. The SMILES string of the molecule is CCC(C(=O)O)N(C)C1CC(=O)N(C2CC2)C1=O. The summed E-state index contributed by atoms with van der Waals surface area (Å²) >= 11 is 0. The average molecular weight is 254 g/mol. The summed E-state index contributed by atoms with van der Waals surface area (Å²) in [5.41, 5.74) is 0. The lowest BCUT2D eigenvalue weighted by atomic mass is 10.1. The third-order valence-corrected chi connectivity index (χ3v) is 3.73. The summed E-state index contributed by atoms with van der Waals surface area (Å²) in [4.78, 5) is 37.9. The Kier molecular flexibility index (Phi) is 3.38. The lowest BCUT2D eigenvalue weighted by Gasteiger charge is -2.28. The minimum absolute atomic E-state index is 0.0632. The Morgan fingerprint density at radius 1 is 1.50 bits per heavy atom. The predicted octanol–water partition coefficient (Wildman–Crippen LogP) is 0.0713. The molecule has 2 rings (SSSR count). The maximum absolute atomic E-state index is 12.2. The van der Waals surface area contributed by atoms with Gasteiger partial charge in [-0.15, -0.1) is 0 Å². The van der Waals surface area contributed by atoms with Gasteiger partial charge in [0.2, 0.25) is 11.8 Å². The molecule has 0 spiro atoms. The highest BCUT2D eigenvalue weighted by Crippen LogP contribution is 2.33. The van der Waals surface area contributed by atoms with E-state index in [1.807, 2.05) is 0 Å². The topological polar surface area (TPSA) is 77.9 Å². The number of carbonyl (C=O) groups excluding carboxylic acids is 2. The molecule has 2 fully saturated rings. The lowest BCUT2D eigenvalue weighted by Crippen LogP contribution is -2.48. The molecule has 6 nitrogen and oxygen atoms in total. The van der Waals surface area contributed by atoms with E-state index in [1.54, 1.807) is 14.0 Å². The Morgan fingerprint density at radius 3 is 2.56 bits per heavy atom. The van der Waals surface area contributed by atoms with Gasteiger partial charge in [0.1, 0.15) is 6.04 Å². The summed E-state index contributed by atoms with van der Waals surface area (Å²) in [7, 11) is 1.61. The molecule has 1 heterocycles. The highest BCUT2D eigenvalue weighted by molar-refractivity contribution is 6.06. The maximum atomic E-state index is 12.2. The Bertz CT molecular complexity index is 392. The van der Waals surface area contributed by atoms with Crippen LogP contribution in [0.25, 0.3) is 0 Å². The average Bonchev–Trinajstić information content (AvgIpc) is 3.06. The maximum Gasteiger partial charge on any atom is 0.320 e. The van der Waals surface area contributed by atoms with Gasteiger partial charge < -0.3 is 5.11 Å². The lowest BCUT2D eigenvalue weighted by molar-refractivity contribution is -0.145. The van der Waals surface area contributed by atoms with Gasteiger partial charge in [-0.1, -0.05) is 6.92 Å². The summed E-state index contributed by atoms with van der Waals surface area (Å²) in [6.45, 7) is 1.76. The summed E-state index contributed by atoms with van der Waals surface area (Å²) < 4.78 is 0. The minimum atomic E-state index is -0.954. The van der Waals surface area contributed by atoms with Crippen molar-refractivity contribution in [3.63, 3.8) is 0 Å². The first-order chi connectivity index (χ1) is 8.47. The number of carboxylic acid groups (broad SMARTS) is 1. The zero-order chi connectivity index (χ0) is 13.4. The van der Waals surface area contributed by atoms with Crippen molar-refractivity contribution < 1.29 is 19.5 Å². The van der Waals surface area contributed by atoms with Crippen LogP contribution in [0, 0.1) is 0 Å². The third-order valence-electron chi connectivity index (χ3n) is 3.73. The van der Waals surface area contributed by atoms with Gasteiger partial charge in [0.25, 0.3) is 0 Å². The fourth-order valence-corrected chi connectivity index (χ4v) is 2.52. The quantitative estimate of drug-likeness (QED) is 0.702. The van der Waals surface area contributed by atoms with Gasteiger partial charge in [0, 0.05) is 6.04 Å². The molecule has 1 saturated heterocycles. The van der Waals surface area contributed by atoms with E-state index in [1.165, 1.54) is 9.80 Å². The number of carboxylic acids is 1. The second-order valence-electron chi connectivity index (χ2n) is 4.98. The molecule has 0 aromatic heterocycles. The first kappa shape index (κ1) is 13.0. The van der Waals surface area contributed by atoms with Crippen molar-refractivity contribution in [2.24, 2.45) is 0 Å². The van der Waals surface area contributed by atoms with Crippen LogP contribution in [0.4, 0.5) is 0 Å². The molecule has 2 atom stereocenters. The van der Waals surface area contributed by atoms with Gasteiger partial charge in [-0.2, -0.15) is 0 Å². The van der Waals surface area contributed by atoms with E-state index in [2.05, 4.69) is 0 Å². The molecule has 0 aromatic carbocycles. The van der Waals surface area contributed by atoms with Gasteiger partial charge >= 0.3 is 5.97 Å². The van der Waals surface area contributed by atoms with Gasteiger partial charge in [-0.05, 0) is 26.3 Å². The van der Waals surface area contributed by atoms with Crippen LogP contribution in [-0.2, 0) is 14.4 Å². The molecule has 100 valence electrons. The van der Waals surface area contributed by atoms with Crippen molar-refractivity contribution in [1.82, 2.24) is 9.80 Å². The molecular weight excluding hydrogens is 236 g/mol. The molecule has 0 bridgehead atoms. The number of aliphatic carboxylic acids is 1. The molecular formula is C12H18N2O4. The second kappa shape index (κ2) is 4.68. The van der Waals surface area contributed by atoms with Gasteiger partial charge in [0.05, 0.1) is 12.5 Å². The summed E-state index contributed by atoms with van der Waals surface area (Å²) in [6, 6.07) is -1.27. The van der Waals surface area contributed by atoms with Crippen molar-refractivity contribution in [3.05, 3.63) is 0 Å². The van der Waals surface area contributed by atoms with Crippen molar-refractivity contribution in [1.29, 1.82) is 0 Å². The van der Waals surface area contributed by atoms with E-state index < -0.39 is 18.1 Å². The number of likely N-dealkylation sites (tertiary alicyclic amines) is 1. The second-order valence-corrected chi connectivity index (χ2v) is 4.98. The Hall–Kier alpha value is -1.43. The van der Waals surface area contributed by atoms with Crippen LogP contribution in [0.2, 0.25) is 0 Å². The molecule has 18 heavy (non-hydrogen) atoms. The van der Waals surface area contributed by atoms with E-state index in [4.69, 9.17) is 5.11 Å². The summed E-state index contributed by atoms with van der Waals surface area (Å²) in [5, 5.41) is 9.09. The molecule has 2 amide bonds. The standard InChI is InChI=1S/C12H18N2O4/c1-3-8(12(17)18)13(2)9-6-10(15)14(11(9)16)7-4-5-7/h7-9H,3-6H2,1-2H3,(H,17,18). The number of imide groups is 1. The van der Waals surface area contributed by atoms with Crippen LogP contribution >= 0.6 is 0 Å². The van der Waals surface area contributed by atoms with Crippen LogP contribution in [0.5, 0.6) is 0 Å². The highest BCUT2D eigenvalue weighted by Gasteiger charge is 2.48. The van der Waals surface area contributed by atoms with E-state index >= 15 is 0 Å². The summed E-state index contributed by atoms with van der Waals surface area (Å²) in [6.07, 6.45) is 2.27. The number of likely N-dealkylation sites (N-methyl/N-ethyl adjacent to an activating group) is 1. The minimum Gasteiger partial charge on any atom is -0.480 e. The highest BCUT2D eigenvalue weighted by atomic mass is 16.4. The Labute approximate surface area is 106 Å². The van der Waals surface area contributed by atoms with Crippen LogP contribution in [0.3, 0.4) is 0 Å². The normalized spacial score (nSPS) is 25.9. The largest absolute Gasteiger partial charge is 0.480 e. The van der Waals surface area contributed by atoms with Crippen LogP contribution < -0.4 is 0 Å². The molecule has 0 aromatic rings. The zero-order valence-corrected chi connectivity index (χ0v) is 10.6.